The van der Waals surface area contributed by atoms with Gasteiger partial charge >= 0.3 is 0 Å². The monoisotopic (exact) mass is 345 g/mol. The Labute approximate surface area is 135 Å². The zero-order chi connectivity index (χ0) is 15.4. The van der Waals surface area contributed by atoms with Crippen molar-refractivity contribution in [3.63, 3.8) is 0 Å². The van der Waals surface area contributed by atoms with Crippen LogP contribution in [0, 0.1) is 5.92 Å². The Bertz CT molecular complexity index is 582. The van der Waals surface area contributed by atoms with Crippen LogP contribution in [-0.4, -0.2) is 36.2 Å². The second kappa shape index (κ2) is 7.31. The highest BCUT2D eigenvalue weighted by atomic mass is 32.2. The van der Waals surface area contributed by atoms with Crippen LogP contribution in [0.5, 0.6) is 0 Å². The summed E-state index contributed by atoms with van der Waals surface area (Å²) in [6, 6.07) is -0.0208. The highest BCUT2D eigenvalue weighted by Gasteiger charge is 2.27. The second-order valence-electron chi connectivity index (χ2n) is 6.24. The van der Waals surface area contributed by atoms with Crippen molar-refractivity contribution in [2.24, 2.45) is 5.92 Å². The maximum absolute atomic E-state index is 11.3. The molecule has 0 spiro atoms. The van der Waals surface area contributed by atoms with Gasteiger partial charge in [0, 0.05) is 18.2 Å². The van der Waals surface area contributed by atoms with Gasteiger partial charge in [-0.3, -0.25) is 0 Å². The van der Waals surface area contributed by atoms with Crippen LogP contribution in [0.4, 0.5) is 0 Å². The molecule has 1 N–H and O–H groups in total. The van der Waals surface area contributed by atoms with Gasteiger partial charge in [0.05, 0.1) is 5.75 Å². The number of aryl methyl sites for hydroxylation is 1. The molecule has 1 aromatic heterocycles. The van der Waals surface area contributed by atoms with E-state index >= 15 is 0 Å². The summed E-state index contributed by atoms with van der Waals surface area (Å²) < 4.78 is 30.9. The third kappa shape index (κ3) is 4.70. The molecule has 0 amide bonds. The number of rotatable bonds is 6. The van der Waals surface area contributed by atoms with Gasteiger partial charge in [0.2, 0.25) is 15.9 Å². The van der Waals surface area contributed by atoms with E-state index in [2.05, 4.69) is 14.9 Å². The third-order valence-corrected chi connectivity index (χ3v) is 6.88. The third-order valence-electron chi connectivity index (χ3n) is 4.43. The summed E-state index contributed by atoms with van der Waals surface area (Å²) in [5.41, 5.74) is 0. The van der Waals surface area contributed by atoms with Gasteiger partial charge in [-0.2, -0.15) is 0 Å². The first-order valence-electron chi connectivity index (χ1n) is 8.06. The summed E-state index contributed by atoms with van der Waals surface area (Å²) in [5.74, 6) is 2.38. The smallest absolute Gasteiger partial charge is 0.276 e. The minimum absolute atomic E-state index is 0.0208. The van der Waals surface area contributed by atoms with Gasteiger partial charge in [-0.05, 0) is 18.8 Å². The molecule has 1 aliphatic heterocycles. The van der Waals surface area contributed by atoms with Crippen LogP contribution in [0.15, 0.2) is 9.64 Å². The van der Waals surface area contributed by atoms with Gasteiger partial charge in [-0.25, -0.2) is 13.1 Å². The van der Waals surface area contributed by atoms with Crippen molar-refractivity contribution in [1.82, 2.24) is 14.9 Å². The molecule has 1 saturated heterocycles. The Hall–Kier alpha value is -0.600. The highest BCUT2D eigenvalue weighted by molar-refractivity contribution is 7.99. The fourth-order valence-corrected chi connectivity index (χ4v) is 5.53. The summed E-state index contributed by atoms with van der Waals surface area (Å²) in [5, 5.41) is 8.69. The lowest BCUT2D eigenvalue weighted by Crippen LogP contribution is -2.27. The van der Waals surface area contributed by atoms with Crippen molar-refractivity contribution >= 4 is 21.8 Å². The fraction of sp³-hybridized carbons (Fsp3) is 0.857. The van der Waals surface area contributed by atoms with E-state index in [4.69, 9.17) is 4.42 Å². The summed E-state index contributed by atoms with van der Waals surface area (Å²) in [6.45, 7) is 0. The molecular formula is C14H23N3O3S2. The quantitative estimate of drug-likeness (QED) is 0.797. The molecule has 1 aliphatic carbocycles. The largest absolute Gasteiger partial charge is 0.416 e. The molecule has 0 radical (unpaired) electrons. The summed E-state index contributed by atoms with van der Waals surface area (Å²) >= 11 is 1.43. The Balaban J connectivity index is 1.41. The van der Waals surface area contributed by atoms with Gasteiger partial charge in [-0.1, -0.05) is 43.9 Å². The average Bonchev–Trinajstić information content (AvgIpc) is 3.10. The second-order valence-corrected chi connectivity index (χ2v) is 9.08. The first-order chi connectivity index (χ1) is 10.6. The lowest BCUT2D eigenvalue weighted by atomic mass is 9.86. The Morgan fingerprint density at radius 1 is 1.18 bits per heavy atom. The van der Waals surface area contributed by atoms with Crippen molar-refractivity contribution in [2.45, 2.75) is 62.6 Å². The van der Waals surface area contributed by atoms with Crippen LogP contribution in [0.3, 0.4) is 0 Å². The molecule has 1 unspecified atom stereocenters. The number of aromatic nitrogens is 2. The maximum atomic E-state index is 11.3. The molecule has 3 rings (SSSR count). The first kappa shape index (κ1) is 16.3. The summed E-state index contributed by atoms with van der Waals surface area (Å²) in [4.78, 5) is 0. The molecule has 2 aliphatic rings. The summed E-state index contributed by atoms with van der Waals surface area (Å²) in [6.07, 6.45) is 9.39. The van der Waals surface area contributed by atoms with Crippen molar-refractivity contribution < 1.29 is 12.8 Å². The SMILES string of the molecule is O=S1(=O)CCC(CSc2nnc(CCC3CCCCC3)o2)N1. The van der Waals surface area contributed by atoms with E-state index < -0.39 is 10.0 Å². The van der Waals surface area contributed by atoms with E-state index in [1.807, 2.05) is 0 Å². The molecule has 2 heterocycles. The number of sulfonamides is 1. The van der Waals surface area contributed by atoms with E-state index in [0.29, 0.717) is 23.3 Å². The van der Waals surface area contributed by atoms with Crippen molar-refractivity contribution in [2.75, 3.05) is 11.5 Å². The van der Waals surface area contributed by atoms with E-state index in [9.17, 15) is 8.42 Å². The Morgan fingerprint density at radius 2 is 2.00 bits per heavy atom. The molecule has 8 heteroatoms. The van der Waals surface area contributed by atoms with Gasteiger partial charge < -0.3 is 4.42 Å². The topological polar surface area (TPSA) is 85.1 Å². The van der Waals surface area contributed by atoms with Crippen molar-refractivity contribution in [3.8, 4) is 0 Å². The maximum Gasteiger partial charge on any atom is 0.276 e. The average molecular weight is 345 g/mol. The molecule has 1 saturated carbocycles. The zero-order valence-electron chi connectivity index (χ0n) is 12.7. The van der Waals surface area contributed by atoms with Crippen LogP contribution in [0.25, 0.3) is 0 Å². The number of thioether (sulfide) groups is 1. The fourth-order valence-electron chi connectivity index (χ4n) is 3.16. The van der Waals surface area contributed by atoms with E-state index in [1.54, 1.807) is 0 Å². The van der Waals surface area contributed by atoms with Gasteiger partial charge in [-0.15, -0.1) is 10.2 Å². The van der Waals surface area contributed by atoms with Crippen LogP contribution >= 0.6 is 11.8 Å². The first-order valence-corrected chi connectivity index (χ1v) is 10.7. The number of nitrogens with one attached hydrogen (secondary N) is 1. The zero-order valence-corrected chi connectivity index (χ0v) is 14.3. The summed E-state index contributed by atoms with van der Waals surface area (Å²) in [7, 11) is -3.05. The predicted molar refractivity (Wildman–Crippen MR) is 85.2 cm³/mol. The number of nitrogens with zero attached hydrogens (tertiary/aromatic N) is 2. The molecule has 124 valence electrons. The Kier molecular flexibility index (Phi) is 5.41. The molecule has 6 nitrogen and oxygen atoms in total. The van der Waals surface area contributed by atoms with Crippen LogP contribution in [0.1, 0.15) is 50.8 Å². The minimum Gasteiger partial charge on any atom is -0.416 e. The van der Waals surface area contributed by atoms with Crippen LogP contribution in [-0.2, 0) is 16.4 Å². The molecular weight excluding hydrogens is 322 g/mol. The van der Waals surface area contributed by atoms with Crippen molar-refractivity contribution in [3.05, 3.63) is 5.89 Å². The normalized spacial score (nSPS) is 25.5. The standard InChI is InChI=1S/C14H23N3O3S2/c18-22(19)9-8-12(17-22)10-21-14-16-15-13(20-14)7-6-11-4-2-1-3-5-11/h11-12,17H,1-10H2. The minimum atomic E-state index is -3.05. The van der Waals surface area contributed by atoms with Crippen molar-refractivity contribution in [1.29, 1.82) is 0 Å². The van der Waals surface area contributed by atoms with E-state index in [-0.39, 0.29) is 11.8 Å². The molecule has 1 atom stereocenters. The van der Waals surface area contributed by atoms with Gasteiger partial charge in [0.1, 0.15) is 0 Å². The lowest BCUT2D eigenvalue weighted by Gasteiger charge is -2.20. The number of hydrogen-bond acceptors (Lipinski definition) is 6. The molecule has 22 heavy (non-hydrogen) atoms. The van der Waals surface area contributed by atoms with Crippen LogP contribution in [0.2, 0.25) is 0 Å². The van der Waals surface area contributed by atoms with Crippen LogP contribution < -0.4 is 4.72 Å². The van der Waals surface area contributed by atoms with Gasteiger partial charge in [0.25, 0.3) is 5.22 Å². The molecule has 0 aromatic carbocycles. The Morgan fingerprint density at radius 3 is 2.73 bits per heavy atom. The van der Waals surface area contributed by atoms with E-state index in [0.717, 1.165) is 18.8 Å². The van der Waals surface area contributed by atoms with Gasteiger partial charge in [0.15, 0.2) is 0 Å². The number of hydrogen-bond donors (Lipinski definition) is 1. The predicted octanol–water partition coefficient (Wildman–Crippen LogP) is 2.37. The molecule has 0 bridgehead atoms. The highest BCUT2D eigenvalue weighted by Crippen LogP contribution is 2.28. The van der Waals surface area contributed by atoms with E-state index in [1.165, 1.54) is 43.9 Å². The molecule has 2 fully saturated rings. The lowest BCUT2D eigenvalue weighted by molar-refractivity contribution is 0.322. The molecule has 1 aromatic rings.